The van der Waals surface area contributed by atoms with Crippen LogP contribution in [-0.2, 0) is 29.3 Å². The number of anilines is 2. The highest BCUT2D eigenvalue weighted by Gasteiger charge is 2.29. The molecule has 0 saturated carbocycles. The average molecular weight is 689 g/mol. The van der Waals surface area contributed by atoms with Crippen molar-refractivity contribution < 1.29 is 43.7 Å². The number of unbranched alkanes of at least 4 members (excludes halogenated alkanes) is 6. The number of rotatable bonds is 26. The lowest BCUT2D eigenvalue weighted by Gasteiger charge is -2.19. The monoisotopic (exact) mass is 688 g/mol. The number of benzene rings is 1. The molecule has 3 unspecified atom stereocenters. The molecule has 274 valence electrons. The number of carbonyl (C=O) groups excluding carboxylic acids is 3. The Hall–Kier alpha value is -3.68. The molecule has 3 atom stereocenters. The molecule has 1 heterocycles. The smallest absolute Gasteiger partial charge is 0.323 e. The molecular weight excluding hydrogens is 632 g/mol. The van der Waals surface area contributed by atoms with E-state index in [1.54, 1.807) is 0 Å². The molecular formula is C36H56N4O9. The van der Waals surface area contributed by atoms with Gasteiger partial charge in [0.2, 0.25) is 5.95 Å². The quantitative estimate of drug-likeness (QED) is 0.0568. The molecule has 49 heavy (non-hydrogen) atoms. The van der Waals surface area contributed by atoms with Crippen molar-refractivity contribution in [3.05, 3.63) is 41.5 Å². The van der Waals surface area contributed by atoms with E-state index in [1.807, 2.05) is 20.8 Å². The van der Waals surface area contributed by atoms with Crippen LogP contribution >= 0.6 is 0 Å². The van der Waals surface area contributed by atoms with Gasteiger partial charge in [-0.25, -0.2) is 29.3 Å². The SMILES string of the molecule is CCCCCC(CC)OOC(=O)c1cc(C(=O)OOC(CC)CCCCC)c(Nc2ncncn2)c(C(=O)OOC(CC)CCCCC)c1. The van der Waals surface area contributed by atoms with E-state index in [4.69, 9.17) is 29.3 Å². The van der Waals surface area contributed by atoms with Crippen LogP contribution in [0.2, 0.25) is 0 Å². The van der Waals surface area contributed by atoms with Crippen molar-refractivity contribution in [3.63, 3.8) is 0 Å². The Balaban J connectivity index is 2.51. The van der Waals surface area contributed by atoms with Crippen molar-refractivity contribution in [1.29, 1.82) is 0 Å². The molecule has 1 aromatic heterocycles. The van der Waals surface area contributed by atoms with E-state index in [9.17, 15) is 14.4 Å². The second-order valence-corrected chi connectivity index (χ2v) is 12.0. The zero-order valence-corrected chi connectivity index (χ0v) is 30.2. The van der Waals surface area contributed by atoms with E-state index in [1.165, 1.54) is 24.8 Å². The molecule has 1 N–H and O–H groups in total. The van der Waals surface area contributed by atoms with Gasteiger partial charge in [0.25, 0.3) is 0 Å². The van der Waals surface area contributed by atoms with Crippen LogP contribution < -0.4 is 5.32 Å². The van der Waals surface area contributed by atoms with Gasteiger partial charge in [-0.2, -0.15) is 14.7 Å². The van der Waals surface area contributed by atoms with Gasteiger partial charge in [0.05, 0.1) is 22.4 Å². The van der Waals surface area contributed by atoms with Gasteiger partial charge in [-0.1, -0.05) is 99.3 Å². The van der Waals surface area contributed by atoms with Crippen LogP contribution in [0.4, 0.5) is 11.6 Å². The van der Waals surface area contributed by atoms with Crippen molar-refractivity contribution in [3.8, 4) is 0 Å². The Morgan fingerprint density at radius 3 is 1.35 bits per heavy atom. The van der Waals surface area contributed by atoms with Gasteiger partial charge >= 0.3 is 17.9 Å². The first kappa shape index (κ1) is 41.5. The molecule has 1 aromatic carbocycles. The van der Waals surface area contributed by atoms with Crippen LogP contribution in [0.15, 0.2) is 24.8 Å². The Kier molecular flexibility index (Phi) is 20.7. The number of nitrogens with zero attached hydrogens (tertiary/aromatic N) is 3. The molecule has 0 amide bonds. The van der Waals surface area contributed by atoms with Crippen LogP contribution in [0, 0.1) is 0 Å². The third-order valence-corrected chi connectivity index (χ3v) is 8.08. The molecule has 2 rings (SSSR count). The highest BCUT2D eigenvalue weighted by Crippen LogP contribution is 2.29. The van der Waals surface area contributed by atoms with Gasteiger partial charge in [-0.15, -0.1) is 0 Å². The minimum absolute atomic E-state index is 0.0217. The molecule has 13 nitrogen and oxygen atoms in total. The van der Waals surface area contributed by atoms with Crippen LogP contribution in [0.25, 0.3) is 0 Å². The summed E-state index contributed by atoms with van der Waals surface area (Å²) in [4.78, 5) is 85.0. The predicted molar refractivity (Wildman–Crippen MR) is 184 cm³/mol. The minimum atomic E-state index is -0.965. The van der Waals surface area contributed by atoms with E-state index in [0.29, 0.717) is 38.5 Å². The van der Waals surface area contributed by atoms with E-state index < -0.39 is 17.9 Å². The largest absolute Gasteiger partial charge is 0.375 e. The molecule has 0 bridgehead atoms. The number of carbonyl (C=O) groups is 3. The summed E-state index contributed by atoms with van der Waals surface area (Å²) in [6.45, 7) is 12.1. The fraction of sp³-hybridized carbons (Fsp3) is 0.667. The third-order valence-electron chi connectivity index (χ3n) is 8.08. The van der Waals surface area contributed by atoms with Crippen molar-refractivity contribution in [2.45, 2.75) is 156 Å². The fourth-order valence-corrected chi connectivity index (χ4v) is 4.93. The van der Waals surface area contributed by atoms with Crippen LogP contribution in [0.3, 0.4) is 0 Å². The third kappa shape index (κ3) is 15.2. The summed E-state index contributed by atoms with van der Waals surface area (Å²) in [5, 5.41) is 2.89. The zero-order valence-electron chi connectivity index (χ0n) is 30.2. The topological polar surface area (TPSA) is 157 Å². The van der Waals surface area contributed by atoms with E-state index >= 15 is 0 Å². The first-order valence-corrected chi connectivity index (χ1v) is 18.0. The van der Waals surface area contributed by atoms with Crippen LogP contribution in [0.1, 0.15) is 169 Å². The second-order valence-electron chi connectivity index (χ2n) is 12.0. The molecule has 0 spiro atoms. The summed E-state index contributed by atoms with van der Waals surface area (Å²) in [6.07, 6.45) is 14.4. The lowest BCUT2D eigenvalue weighted by molar-refractivity contribution is -0.276. The molecule has 13 heteroatoms. The summed E-state index contributed by atoms with van der Waals surface area (Å²) in [7, 11) is 0. The second kappa shape index (κ2) is 24.5. The molecule has 0 aliphatic heterocycles. The molecule has 0 radical (unpaired) electrons. The summed E-state index contributed by atoms with van der Waals surface area (Å²) in [5.74, 6) is -2.82. The zero-order chi connectivity index (χ0) is 35.9. The maximum atomic E-state index is 13.7. The number of aromatic nitrogens is 3. The molecule has 0 saturated heterocycles. The normalized spacial score (nSPS) is 12.9. The Labute approximate surface area is 291 Å². The lowest BCUT2D eigenvalue weighted by Crippen LogP contribution is -2.21. The van der Waals surface area contributed by atoms with Crippen molar-refractivity contribution in [1.82, 2.24) is 15.0 Å². The number of hydrogen-bond donors (Lipinski definition) is 1. The maximum absolute atomic E-state index is 13.7. The van der Waals surface area contributed by atoms with Gasteiger partial charge in [-0.05, 0) is 50.7 Å². The lowest BCUT2D eigenvalue weighted by atomic mass is 10.0. The highest BCUT2D eigenvalue weighted by atomic mass is 17.2. The van der Waals surface area contributed by atoms with Crippen molar-refractivity contribution in [2.75, 3.05) is 5.32 Å². The molecule has 0 aliphatic carbocycles. The van der Waals surface area contributed by atoms with E-state index in [0.717, 1.165) is 57.8 Å². The van der Waals surface area contributed by atoms with E-state index in [2.05, 4.69) is 41.0 Å². The number of hydrogen-bond acceptors (Lipinski definition) is 13. The first-order chi connectivity index (χ1) is 23.8. The Morgan fingerprint density at radius 1 is 0.592 bits per heavy atom. The maximum Gasteiger partial charge on any atom is 0.375 e. The first-order valence-electron chi connectivity index (χ1n) is 18.0. The summed E-state index contributed by atoms with van der Waals surface area (Å²) in [5.41, 5.74) is -0.700. The minimum Gasteiger partial charge on any atom is -0.323 e. The molecule has 0 aliphatic rings. The summed E-state index contributed by atoms with van der Waals surface area (Å²) >= 11 is 0. The van der Waals surface area contributed by atoms with Crippen molar-refractivity contribution in [2.24, 2.45) is 0 Å². The van der Waals surface area contributed by atoms with Gasteiger partial charge in [0, 0.05) is 0 Å². The molecule has 2 aromatic rings. The van der Waals surface area contributed by atoms with Crippen molar-refractivity contribution >= 4 is 29.5 Å². The Bertz CT molecular complexity index is 1190. The van der Waals surface area contributed by atoms with Gasteiger partial charge in [0.15, 0.2) is 0 Å². The van der Waals surface area contributed by atoms with Crippen LogP contribution in [-0.4, -0.2) is 51.2 Å². The summed E-state index contributed by atoms with van der Waals surface area (Å²) < 4.78 is 0. The van der Waals surface area contributed by atoms with Gasteiger partial charge < -0.3 is 5.32 Å². The van der Waals surface area contributed by atoms with Gasteiger partial charge in [-0.3, -0.25) is 14.7 Å². The molecule has 0 fully saturated rings. The average Bonchev–Trinajstić information content (AvgIpc) is 3.12. The predicted octanol–water partition coefficient (Wildman–Crippen LogP) is 8.96. The van der Waals surface area contributed by atoms with Gasteiger partial charge in [0.1, 0.15) is 31.0 Å². The van der Waals surface area contributed by atoms with E-state index in [-0.39, 0.29) is 46.6 Å². The fourth-order valence-electron chi connectivity index (χ4n) is 4.93. The Morgan fingerprint density at radius 2 is 0.980 bits per heavy atom. The standard InChI is InChI=1S/C36H56N4O9/c1-7-13-16-19-27(10-4)44-47-33(41)26-22-30(34(42)48-45-28(11-5)20-17-14-8-2)32(40-36-38-24-37-25-39-36)31(23-26)35(43)49-46-29(12-6)21-18-15-9-3/h22-25,27-29H,7-21H2,1-6H3,(H,37,38,39,40). The summed E-state index contributed by atoms with van der Waals surface area (Å²) in [6, 6.07) is 2.46. The van der Waals surface area contributed by atoms with Crippen LogP contribution in [0.5, 0.6) is 0 Å². The number of nitrogens with one attached hydrogen (secondary N) is 1. The highest BCUT2D eigenvalue weighted by molar-refractivity contribution is 6.07.